The highest BCUT2D eigenvalue weighted by Crippen LogP contribution is 2.42. The number of hydrogen-bond donors (Lipinski definition) is 1. The van der Waals surface area contributed by atoms with Gasteiger partial charge in [0.05, 0.1) is 18.3 Å². The third-order valence-electron chi connectivity index (χ3n) is 4.77. The summed E-state index contributed by atoms with van der Waals surface area (Å²) in [5.41, 5.74) is 0. The molecule has 3 rings (SSSR count). The third kappa shape index (κ3) is 2.43. The molecule has 0 radical (unpaired) electrons. The molecule has 3 aliphatic rings. The van der Waals surface area contributed by atoms with E-state index in [1.54, 1.807) is 0 Å². The summed E-state index contributed by atoms with van der Waals surface area (Å²) in [5.74, 6) is 0.656. The van der Waals surface area contributed by atoms with E-state index in [4.69, 9.17) is 4.74 Å². The van der Waals surface area contributed by atoms with E-state index in [0.29, 0.717) is 18.1 Å². The number of ether oxygens (including phenoxy) is 1. The van der Waals surface area contributed by atoms with Crippen LogP contribution in [0.1, 0.15) is 51.4 Å². The van der Waals surface area contributed by atoms with Gasteiger partial charge in [0, 0.05) is 11.8 Å². The van der Waals surface area contributed by atoms with Crippen molar-refractivity contribution in [2.45, 2.75) is 69.7 Å². The molecule has 0 aliphatic heterocycles. The van der Waals surface area contributed by atoms with Crippen molar-refractivity contribution in [3.05, 3.63) is 12.2 Å². The fraction of sp³-hybridized carbons (Fsp3) is 0.867. The largest absolute Gasteiger partial charge is 0.392 e. The van der Waals surface area contributed by atoms with Crippen LogP contribution in [-0.4, -0.2) is 23.4 Å². The van der Waals surface area contributed by atoms with Crippen LogP contribution in [0.15, 0.2) is 12.2 Å². The normalized spacial score (nSPS) is 42.6. The Morgan fingerprint density at radius 3 is 2.24 bits per heavy atom. The third-order valence-corrected chi connectivity index (χ3v) is 4.77. The van der Waals surface area contributed by atoms with Crippen LogP contribution in [-0.2, 0) is 4.74 Å². The van der Waals surface area contributed by atoms with Crippen molar-refractivity contribution in [3.8, 4) is 0 Å². The van der Waals surface area contributed by atoms with Crippen molar-refractivity contribution in [1.82, 2.24) is 0 Å². The van der Waals surface area contributed by atoms with Crippen molar-refractivity contribution < 1.29 is 9.84 Å². The van der Waals surface area contributed by atoms with Gasteiger partial charge >= 0.3 is 0 Å². The van der Waals surface area contributed by atoms with Crippen molar-refractivity contribution in [2.75, 3.05) is 0 Å². The molecule has 2 saturated carbocycles. The van der Waals surface area contributed by atoms with E-state index in [-0.39, 0.29) is 12.0 Å². The van der Waals surface area contributed by atoms with Gasteiger partial charge < -0.3 is 9.84 Å². The van der Waals surface area contributed by atoms with Crippen LogP contribution in [0.2, 0.25) is 0 Å². The Morgan fingerprint density at radius 1 is 0.941 bits per heavy atom. The second-order valence-corrected chi connectivity index (χ2v) is 5.99. The van der Waals surface area contributed by atoms with E-state index in [1.165, 1.54) is 44.9 Å². The molecule has 1 N–H and O–H groups in total. The molecule has 0 saturated heterocycles. The fourth-order valence-electron chi connectivity index (χ4n) is 3.72. The van der Waals surface area contributed by atoms with Crippen molar-refractivity contribution >= 4 is 0 Å². The maximum Gasteiger partial charge on any atom is 0.0691 e. The maximum absolute atomic E-state index is 9.99. The molecule has 2 fully saturated rings. The van der Waals surface area contributed by atoms with Gasteiger partial charge in [0.2, 0.25) is 0 Å². The van der Waals surface area contributed by atoms with E-state index in [2.05, 4.69) is 12.2 Å². The number of hydrogen-bond acceptors (Lipinski definition) is 2. The lowest BCUT2D eigenvalue weighted by Crippen LogP contribution is -2.28. The van der Waals surface area contributed by atoms with Gasteiger partial charge in [-0.3, -0.25) is 0 Å². The molecule has 96 valence electrons. The standard InChI is InChI=1S/C15H24O2/c16-15-11-8-9-13(15)14(10-11)17-12-6-4-2-1-3-5-7-12/h8-9,11-16H,1-7,10H2. The molecule has 17 heavy (non-hydrogen) atoms. The van der Waals surface area contributed by atoms with Gasteiger partial charge in [-0.15, -0.1) is 0 Å². The Balaban J connectivity index is 1.54. The zero-order chi connectivity index (χ0) is 11.7. The van der Waals surface area contributed by atoms with E-state index >= 15 is 0 Å². The number of fused-ring (bicyclic) bond motifs is 2. The summed E-state index contributed by atoms with van der Waals surface area (Å²) >= 11 is 0. The monoisotopic (exact) mass is 236 g/mol. The molecule has 4 atom stereocenters. The minimum atomic E-state index is -0.159. The lowest BCUT2D eigenvalue weighted by atomic mass is 9.97. The molecular weight excluding hydrogens is 212 g/mol. The van der Waals surface area contributed by atoms with Gasteiger partial charge in [0.15, 0.2) is 0 Å². The van der Waals surface area contributed by atoms with Gasteiger partial charge in [-0.05, 0) is 19.3 Å². The van der Waals surface area contributed by atoms with E-state index in [1.807, 2.05) is 0 Å². The Kier molecular flexibility index (Phi) is 3.53. The zero-order valence-corrected chi connectivity index (χ0v) is 10.6. The average Bonchev–Trinajstić information content (AvgIpc) is 2.78. The van der Waals surface area contributed by atoms with Crippen LogP contribution < -0.4 is 0 Å². The summed E-state index contributed by atoms with van der Waals surface area (Å²) in [4.78, 5) is 0. The van der Waals surface area contributed by atoms with E-state index < -0.39 is 0 Å². The zero-order valence-electron chi connectivity index (χ0n) is 10.6. The molecule has 2 nitrogen and oxygen atoms in total. The first-order chi connectivity index (χ1) is 8.34. The van der Waals surface area contributed by atoms with Crippen LogP contribution in [0, 0.1) is 11.8 Å². The molecule has 2 bridgehead atoms. The van der Waals surface area contributed by atoms with Crippen molar-refractivity contribution in [3.63, 3.8) is 0 Å². The number of aliphatic hydroxyl groups is 1. The van der Waals surface area contributed by atoms with Crippen molar-refractivity contribution in [1.29, 1.82) is 0 Å². The molecule has 0 aromatic carbocycles. The highest BCUT2D eigenvalue weighted by Gasteiger charge is 2.45. The molecule has 2 heteroatoms. The van der Waals surface area contributed by atoms with Crippen LogP contribution >= 0.6 is 0 Å². The van der Waals surface area contributed by atoms with Crippen LogP contribution in [0.5, 0.6) is 0 Å². The smallest absolute Gasteiger partial charge is 0.0691 e. The Morgan fingerprint density at radius 2 is 1.65 bits per heavy atom. The summed E-state index contributed by atoms with van der Waals surface area (Å²) in [7, 11) is 0. The first-order valence-corrected chi connectivity index (χ1v) is 7.36. The maximum atomic E-state index is 9.99. The lowest BCUT2D eigenvalue weighted by molar-refractivity contribution is -0.0436. The number of aliphatic hydroxyl groups excluding tert-OH is 1. The molecule has 4 unspecified atom stereocenters. The summed E-state index contributed by atoms with van der Waals surface area (Å²) < 4.78 is 6.28. The number of rotatable bonds is 2. The summed E-state index contributed by atoms with van der Waals surface area (Å²) in [6.45, 7) is 0. The summed E-state index contributed by atoms with van der Waals surface area (Å²) in [5, 5.41) is 9.99. The second kappa shape index (κ2) is 5.11. The van der Waals surface area contributed by atoms with Gasteiger partial charge in [-0.25, -0.2) is 0 Å². The predicted octanol–water partition coefficient (Wildman–Crippen LogP) is 3.05. The molecule has 0 amide bonds. The fourth-order valence-corrected chi connectivity index (χ4v) is 3.72. The first-order valence-electron chi connectivity index (χ1n) is 7.36. The highest BCUT2D eigenvalue weighted by molar-refractivity contribution is 5.16. The molecule has 0 heterocycles. The molecule has 0 spiro atoms. The van der Waals surface area contributed by atoms with Crippen LogP contribution in [0.3, 0.4) is 0 Å². The second-order valence-electron chi connectivity index (χ2n) is 5.99. The van der Waals surface area contributed by atoms with E-state index in [9.17, 15) is 5.11 Å². The van der Waals surface area contributed by atoms with Gasteiger partial charge in [-0.1, -0.05) is 44.3 Å². The Bertz CT molecular complexity index is 279. The molecule has 0 aromatic heterocycles. The van der Waals surface area contributed by atoms with Crippen molar-refractivity contribution in [2.24, 2.45) is 11.8 Å². The minimum absolute atomic E-state index is 0.159. The average molecular weight is 236 g/mol. The SMILES string of the molecule is OC1C2C=CC1C(OC1CCCCCCC1)C2. The van der Waals surface area contributed by atoms with E-state index in [0.717, 1.165) is 6.42 Å². The van der Waals surface area contributed by atoms with Crippen LogP contribution in [0.4, 0.5) is 0 Å². The summed E-state index contributed by atoms with van der Waals surface area (Å²) in [6.07, 6.45) is 15.2. The Labute approximate surface area is 104 Å². The highest BCUT2D eigenvalue weighted by atomic mass is 16.5. The quantitative estimate of drug-likeness (QED) is 0.747. The lowest BCUT2D eigenvalue weighted by Gasteiger charge is -2.27. The predicted molar refractivity (Wildman–Crippen MR) is 67.7 cm³/mol. The first kappa shape index (κ1) is 11.7. The molecule has 0 aromatic rings. The van der Waals surface area contributed by atoms with Crippen LogP contribution in [0.25, 0.3) is 0 Å². The topological polar surface area (TPSA) is 29.5 Å². The summed E-state index contributed by atoms with van der Waals surface area (Å²) in [6, 6.07) is 0. The van der Waals surface area contributed by atoms with Gasteiger partial charge in [0.1, 0.15) is 0 Å². The molecular formula is C15H24O2. The van der Waals surface area contributed by atoms with Gasteiger partial charge in [0.25, 0.3) is 0 Å². The molecule has 3 aliphatic carbocycles. The Hall–Kier alpha value is -0.340. The van der Waals surface area contributed by atoms with Gasteiger partial charge in [-0.2, -0.15) is 0 Å². The minimum Gasteiger partial charge on any atom is -0.392 e.